The number of halogens is 1. The maximum Gasteiger partial charge on any atom is 0.213 e. The third-order valence-electron chi connectivity index (χ3n) is 2.32. The normalized spacial score (nSPS) is 10.3. The van der Waals surface area contributed by atoms with Crippen LogP contribution in [0, 0.1) is 5.82 Å². The molecule has 5 nitrogen and oxygen atoms in total. The zero-order valence-corrected chi connectivity index (χ0v) is 9.57. The molecule has 1 aromatic carbocycles. The number of nitrogens with zero attached hydrogens (tertiary/aromatic N) is 2. The predicted octanol–water partition coefficient (Wildman–Crippen LogP) is 1.89. The van der Waals surface area contributed by atoms with Crippen LogP contribution in [0.1, 0.15) is 0 Å². The molecule has 17 heavy (non-hydrogen) atoms. The number of aryl methyl sites for hydroxylation is 1. The molecule has 0 amide bonds. The number of nitrogens with one attached hydrogen (secondary N) is 1. The first-order chi connectivity index (χ1) is 8.10. The van der Waals surface area contributed by atoms with Crippen molar-refractivity contribution in [2.45, 2.75) is 0 Å². The van der Waals surface area contributed by atoms with Crippen LogP contribution >= 0.6 is 0 Å². The molecule has 1 aromatic heterocycles. The first kappa shape index (κ1) is 11.3. The fourth-order valence-electron chi connectivity index (χ4n) is 1.48. The third-order valence-corrected chi connectivity index (χ3v) is 2.32. The van der Waals surface area contributed by atoms with Gasteiger partial charge in [0.1, 0.15) is 5.82 Å². The Kier molecular flexibility index (Phi) is 2.86. The summed E-state index contributed by atoms with van der Waals surface area (Å²) in [6.07, 6.45) is 0. The average Bonchev–Trinajstić information content (AvgIpc) is 2.64. The molecule has 2 aromatic rings. The van der Waals surface area contributed by atoms with E-state index in [1.165, 1.54) is 18.2 Å². The van der Waals surface area contributed by atoms with Crippen molar-refractivity contribution in [3.63, 3.8) is 0 Å². The number of benzene rings is 1. The quantitative estimate of drug-likeness (QED) is 0.799. The summed E-state index contributed by atoms with van der Waals surface area (Å²) in [5, 5.41) is 7.08. The number of methoxy groups -OCH3 is 1. The second-order valence-corrected chi connectivity index (χ2v) is 3.55. The number of nitrogens with two attached hydrogens (primary N) is 1. The number of anilines is 3. The number of hydrogen-bond donors (Lipinski definition) is 2. The van der Waals surface area contributed by atoms with E-state index in [1.54, 1.807) is 24.9 Å². The van der Waals surface area contributed by atoms with Crippen LogP contribution in [0.25, 0.3) is 0 Å². The fraction of sp³-hybridized carbons (Fsp3) is 0.182. The van der Waals surface area contributed by atoms with Crippen molar-refractivity contribution in [1.82, 2.24) is 9.78 Å². The van der Waals surface area contributed by atoms with Crippen molar-refractivity contribution in [2.24, 2.45) is 7.05 Å². The van der Waals surface area contributed by atoms with Gasteiger partial charge in [-0.3, -0.25) is 0 Å². The number of rotatable bonds is 3. The van der Waals surface area contributed by atoms with Crippen molar-refractivity contribution in [1.29, 1.82) is 0 Å². The maximum absolute atomic E-state index is 13.1. The molecule has 0 aliphatic heterocycles. The van der Waals surface area contributed by atoms with Gasteiger partial charge in [-0.05, 0) is 18.2 Å². The second kappa shape index (κ2) is 4.32. The number of aromatic nitrogens is 2. The summed E-state index contributed by atoms with van der Waals surface area (Å²) < 4.78 is 19.7. The molecule has 0 spiro atoms. The summed E-state index contributed by atoms with van der Waals surface area (Å²) in [6.45, 7) is 0. The average molecular weight is 236 g/mol. The first-order valence-corrected chi connectivity index (χ1v) is 5.00. The largest absolute Gasteiger partial charge is 0.481 e. The van der Waals surface area contributed by atoms with Gasteiger partial charge in [-0.25, -0.2) is 9.07 Å². The molecule has 6 heteroatoms. The van der Waals surface area contributed by atoms with Crippen molar-refractivity contribution < 1.29 is 9.13 Å². The molecule has 0 unspecified atom stereocenters. The first-order valence-electron chi connectivity index (χ1n) is 5.00. The van der Waals surface area contributed by atoms with E-state index in [4.69, 9.17) is 10.5 Å². The van der Waals surface area contributed by atoms with Crippen LogP contribution in [0.5, 0.6) is 5.88 Å². The lowest BCUT2D eigenvalue weighted by molar-refractivity contribution is 0.373. The molecule has 90 valence electrons. The van der Waals surface area contributed by atoms with Crippen LogP contribution in [0.2, 0.25) is 0 Å². The van der Waals surface area contributed by atoms with E-state index in [0.717, 1.165) is 0 Å². The molecular weight excluding hydrogens is 223 g/mol. The highest BCUT2D eigenvalue weighted by Crippen LogP contribution is 2.25. The highest BCUT2D eigenvalue weighted by Gasteiger charge is 2.07. The van der Waals surface area contributed by atoms with Crippen LogP contribution in [0.15, 0.2) is 24.3 Å². The number of nitrogen functional groups attached to an aromatic ring is 1. The zero-order chi connectivity index (χ0) is 12.4. The Morgan fingerprint density at radius 2 is 2.18 bits per heavy atom. The topological polar surface area (TPSA) is 65.1 Å². The van der Waals surface area contributed by atoms with Gasteiger partial charge in [0.05, 0.1) is 18.5 Å². The van der Waals surface area contributed by atoms with Crippen LogP contribution in [0.4, 0.5) is 21.6 Å². The highest BCUT2D eigenvalue weighted by atomic mass is 19.1. The molecule has 0 radical (unpaired) electrons. The fourth-order valence-corrected chi connectivity index (χ4v) is 1.48. The standard InChI is InChI=1S/C11H13FN4O/c1-16-11(17-2)6-10(15-16)14-9-5-7(12)3-4-8(9)13/h3-6H,13H2,1-2H3,(H,14,15). The van der Waals surface area contributed by atoms with Crippen LogP contribution in [-0.4, -0.2) is 16.9 Å². The number of hydrogen-bond acceptors (Lipinski definition) is 4. The molecule has 0 saturated heterocycles. The van der Waals surface area contributed by atoms with Gasteiger partial charge >= 0.3 is 0 Å². The summed E-state index contributed by atoms with van der Waals surface area (Å²) in [5.74, 6) is 0.786. The smallest absolute Gasteiger partial charge is 0.213 e. The summed E-state index contributed by atoms with van der Waals surface area (Å²) in [4.78, 5) is 0. The molecule has 0 fully saturated rings. The predicted molar refractivity (Wildman–Crippen MR) is 63.9 cm³/mol. The molecule has 0 aliphatic rings. The van der Waals surface area contributed by atoms with E-state index in [9.17, 15) is 4.39 Å². The molecule has 0 bridgehead atoms. The monoisotopic (exact) mass is 236 g/mol. The van der Waals surface area contributed by atoms with Gasteiger partial charge in [0.2, 0.25) is 5.88 Å². The van der Waals surface area contributed by atoms with E-state index in [0.29, 0.717) is 23.1 Å². The molecule has 0 aliphatic carbocycles. The summed E-state index contributed by atoms with van der Waals surface area (Å²) in [6, 6.07) is 5.82. The Hall–Kier alpha value is -2.24. The van der Waals surface area contributed by atoms with Crippen molar-refractivity contribution in [2.75, 3.05) is 18.2 Å². The summed E-state index contributed by atoms with van der Waals surface area (Å²) in [7, 11) is 3.30. The Morgan fingerprint density at radius 3 is 2.82 bits per heavy atom. The minimum atomic E-state index is -0.357. The Bertz CT molecular complexity index is 538. The zero-order valence-electron chi connectivity index (χ0n) is 9.57. The van der Waals surface area contributed by atoms with Crippen molar-refractivity contribution >= 4 is 17.2 Å². The maximum atomic E-state index is 13.1. The lowest BCUT2D eigenvalue weighted by atomic mass is 10.2. The van der Waals surface area contributed by atoms with Gasteiger partial charge < -0.3 is 15.8 Å². The lowest BCUT2D eigenvalue weighted by Crippen LogP contribution is -1.98. The van der Waals surface area contributed by atoms with Gasteiger partial charge in [0.15, 0.2) is 5.82 Å². The molecule has 0 atom stereocenters. The Balaban J connectivity index is 2.27. The highest BCUT2D eigenvalue weighted by molar-refractivity contribution is 5.71. The van der Waals surface area contributed by atoms with Gasteiger partial charge in [-0.1, -0.05) is 0 Å². The second-order valence-electron chi connectivity index (χ2n) is 3.55. The minimum absolute atomic E-state index is 0.357. The van der Waals surface area contributed by atoms with Crippen LogP contribution in [-0.2, 0) is 7.05 Å². The lowest BCUT2D eigenvalue weighted by Gasteiger charge is -2.05. The molecule has 3 N–H and O–H groups in total. The molecular formula is C11H13FN4O. The van der Waals surface area contributed by atoms with E-state index < -0.39 is 0 Å². The van der Waals surface area contributed by atoms with E-state index in [1.807, 2.05) is 0 Å². The molecule has 2 rings (SSSR count). The Morgan fingerprint density at radius 1 is 1.41 bits per heavy atom. The summed E-state index contributed by atoms with van der Waals surface area (Å²) in [5.41, 5.74) is 6.65. The van der Waals surface area contributed by atoms with Gasteiger partial charge in [0.25, 0.3) is 0 Å². The minimum Gasteiger partial charge on any atom is -0.481 e. The van der Waals surface area contributed by atoms with Crippen molar-refractivity contribution in [3.05, 3.63) is 30.1 Å². The third kappa shape index (κ3) is 2.30. The van der Waals surface area contributed by atoms with Gasteiger partial charge in [0, 0.05) is 13.1 Å². The van der Waals surface area contributed by atoms with Crippen LogP contribution < -0.4 is 15.8 Å². The Labute approximate surface area is 98.0 Å². The van der Waals surface area contributed by atoms with Gasteiger partial charge in [-0.15, -0.1) is 0 Å². The molecule has 1 heterocycles. The van der Waals surface area contributed by atoms with Crippen molar-refractivity contribution in [3.8, 4) is 5.88 Å². The van der Waals surface area contributed by atoms with E-state index in [-0.39, 0.29) is 5.82 Å². The number of ether oxygens (including phenoxy) is 1. The van der Waals surface area contributed by atoms with E-state index >= 15 is 0 Å². The van der Waals surface area contributed by atoms with Crippen LogP contribution in [0.3, 0.4) is 0 Å². The SMILES string of the molecule is COc1cc(Nc2cc(F)ccc2N)nn1C. The summed E-state index contributed by atoms with van der Waals surface area (Å²) >= 11 is 0. The molecule has 0 saturated carbocycles. The van der Waals surface area contributed by atoms with E-state index in [2.05, 4.69) is 10.4 Å². The van der Waals surface area contributed by atoms with Gasteiger partial charge in [-0.2, -0.15) is 5.10 Å².